The monoisotopic (exact) mass is 375 g/mol. The fourth-order valence-electron chi connectivity index (χ4n) is 1.56. The molecule has 0 spiro atoms. The van der Waals surface area contributed by atoms with Crippen molar-refractivity contribution in [3.8, 4) is 0 Å². The first kappa shape index (κ1) is 13.6. The molecule has 0 aliphatic carbocycles. The lowest BCUT2D eigenvalue weighted by atomic mass is 10.2. The highest BCUT2D eigenvalue weighted by atomic mass is 127. The number of thiophene rings is 1. The van der Waals surface area contributed by atoms with E-state index in [0.717, 1.165) is 13.7 Å². The predicted octanol–water partition coefficient (Wildman–Crippen LogP) is 4.04. The van der Waals surface area contributed by atoms with E-state index in [-0.39, 0.29) is 5.97 Å². The van der Waals surface area contributed by atoms with Crippen LogP contribution >= 0.6 is 33.9 Å². The Morgan fingerprint density at radius 3 is 2.67 bits per heavy atom. The predicted molar refractivity (Wildman–Crippen MR) is 84.1 cm³/mol. The van der Waals surface area contributed by atoms with Gasteiger partial charge in [-0.15, -0.1) is 11.3 Å². The maximum absolute atomic E-state index is 12.0. The molecule has 2 aromatic rings. The molecule has 3 nitrogen and oxygen atoms in total. The summed E-state index contributed by atoms with van der Waals surface area (Å²) in [4.78, 5) is 12.5. The Morgan fingerprint density at radius 1 is 1.39 bits per heavy atom. The molecule has 0 atom stereocenters. The van der Waals surface area contributed by atoms with Crippen LogP contribution in [0.15, 0.2) is 18.2 Å². The largest absolute Gasteiger partial charge is 0.456 e. The van der Waals surface area contributed by atoms with Gasteiger partial charge in [-0.2, -0.15) is 0 Å². The lowest BCUT2D eigenvalue weighted by Gasteiger charge is -2.18. The number of fused-ring (bicyclic) bond motifs is 1. The van der Waals surface area contributed by atoms with Crippen LogP contribution in [-0.2, 0) is 4.74 Å². The third kappa shape index (κ3) is 2.77. The van der Waals surface area contributed by atoms with Gasteiger partial charge in [0.1, 0.15) is 10.5 Å². The minimum Gasteiger partial charge on any atom is -0.456 e. The number of nitrogens with two attached hydrogens (primary N) is 1. The first-order valence-corrected chi connectivity index (χ1v) is 7.38. The maximum Gasteiger partial charge on any atom is 0.351 e. The number of halogens is 1. The first-order chi connectivity index (χ1) is 8.28. The molecular weight excluding hydrogens is 361 g/mol. The standard InChI is InChI=1S/C13H14INO2S/c1-13(2,3)17-12(16)11-10(15)8-6-7(14)4-5-9(8)18-11/h4-6H,15H2,1-3H3. The Bertz CT molecular complexity index is 613. The molecule has 2 rings (SSSR count). The van der Waals surface area contributed by atoms with Crippen LogP contribution in [0.5, 0.6) is 0 Å². The van der Waals surface area contributed by atoms with E-state index in [4.69, 9.17) is 10.5 Å². The molecule has 0 bridgehead atoms. The molecule has 18 heavy (non-hydrogen) atoms. The number of anilines is 1. The SMILES string of the molecule is CC(C)(C)OC(=O)c1sc2ccc(I)cc2c1N. The second kappa shape index (κ2) is 4.70. The van der Waals surface area contributed by atoms with Gasteiger partial charge in [0, 0.05) is 13.7 Å². The molecule has 1 heterocycles. The minimum atomic E-state index is -0.506. The van der Waals surface area contributed by atoms with E-state index in [1.54, 1.807) is 0 Å². The summed E-state index contributed by atoms with van der Waals surface area (Å²) in [5.41, 5.74) is 6.04. The fraction of sp³-hybridized carbons (Fsp3) is 0.308. The molecule has 1 aromatic carbocycles. The summed E-state index contributed by atoms with van der Waals surface area (Å²) in [6.45, 7) is 5.53. The highest BCUT2D eigenvalue weighted by Gasteiger charge is 2.22. The van der Waals surface area contributed by atoms with Gasteiger partial charge in [-0.1, -0.05) is 0 Å². The van der Waals surface area contributed by atoms with Crippen LogP contribution in [0, 0.1) is 3.57 Å². The van der Waals surface area contributed by atoms with E-state index >= 15 is 0 Å². The van der Waals surface area contributed by atoms with Gasteiger partial charge in [-0.05, 0) is 61.6 Å². The van der Waals surface area contributed by atoms with Gasteiger partial charge in [0.2, 0.25) is 0 Å². The summed E-state index contributed by atoms with van der Waals surface area (Å²) in [5.74, 6) is -0.351. The second-order valence-electron chi connectivity index (χ2n) is 4.99. The van der Waals surface area contributed by atoms with E-state index in [2.05, 4.69) is 22.6 Å². The van der Waals surface area contributed by atoms with Crippen molar-refractivity contribution in [1.82, 2.24) is 0 Å². The van der Waals surface area contributed by atoms with E-state index < -0.39 is 5.60 Å². The van der Waals surface area contributed by atoms with E-state index in [1.165, 1.54) is 11.3 Å². The summed E-state index contributed by atoms with van der Waals surface area (Å²) < 4.78 is 7.46. The van der Waals surface area contributed by atoms with Gasteiger partial charge < -0.3 is 10.5 Å². The number of carbonyl (C=O) groups is 1. The summed E-state index contributed by atoms with van der Waals surface area (Å²) in [6, 6.07) is 5.96. The average Bonchev–Trinajstić information content (AvgIpc) is 2.54. The van der Waals surface area contributed by atoms with Crippen LogP contribution in [-0.4, -0.2) is 11.6 Å². The number of rotatable bonds is 1. The normalized spacial score (nSPS) is 11.8. The molecular formula is C13H14INO2S. The number of carbonyl (C=O) groups excluding carboxylic acids is 1. The first-order valence-electron chi connectivity index (χ1n) is 5.49. The lowest BCUT2D eigenvalue weighted by Crippen LogP contribution is -2.23. The average molecular weight is 375 g/mol. The molecule has 96 valence electrons. The van der Waals surface area contributed by atoms with Crippen molar-refractivity contribution in [2.24, 2.45) is 0 Å². The van der Waals surface area contributed by atoms with Crippen molar-refractivity contribution < 1.29 is 9.53 Å². The van der Waals surface area contributed by atoms with Crippen molar-refractivity contribution in [3.05, 3.63) is 26.6 Å². The highest BCUT2D eigenvalue weighted by molar-refractivity contribution is 14.1. The number of nitrogen functional groups attached to an aromatic ring is 1. The molecule has 0 saturated heterocycles. The third-order valence-electron chi connectivity index (χ3n) is 2.27. The number of esters is 1. The lowest BCUT2D eigenvalue weighted by molar-refractivity contribution is 0.00765. The van der Waals surface area contributed by atoms with Crippen LogP contribution in [0.2, 0.25) is 0 Å². The van der Waals surface area contributed by atoms with Crippen LogP contribution in [0.25, 0.3) is 10.1 Å². The fourth-order valence-corrected chi connectivity index (χ4v) is 3.04. The van der Waals surface area contributed by atoms with Crippen molar-refractivity contribution in [1.29, 1.82) is 0 Å². The van der Waals surface area contributed by atoms with E-state index in [0.29, 0.717) is 10.6 Å². The maximum atomic E-state index is 12.0. The third-order valence-corrected chi connectivity index (χ3v) is 4.11. The zero-order chi connectivity index (χ0) is 13.5. The molecule has 2 N–H and O–H groups in total. The van der Waals surface area contributed by atoms with Gasteiger partial charge in [0.05, 0.1) is 5.69 Å². The number of ether oxygens (including phenoxy) is 1. The summed E-state index contributed by atoms with van der Waals surface area (Å²) in [7, 11) is 0. The zero-order valence-corrected chi connectivity index (χ0v) is 13.4. The Morgan fingerprint density at radius 2 is 2.06 bits per heavy atom. The van der Waals surface area contributed by atoms with Crippen LogP contribution in [0.1, 0.15) is 30.4 Å². The number of hydrogen-bond donors (Lipinski definition) is 1. The molecule has 0 saturated carbocycles. The molecule has 0 amide bonds. The Balaban J connectivity index is 2.46. The molecule has 1 aromatic heterocycles. The van der Waals surface area contributed by atoms with E-state index in [9.17, 15) is 4.79 Å². The second-order valence-corrected chi connectivity index (χ2v) is 7.29. The number of benzene rings is 1. The van der Waals surface area contributed by atoms with Crippen LogP contribution in [0.3, 0.4) is 0 Å². The van der Waals surface area contributed by atoms with Crippen molar-refractivity contribution in [3.63, 3.8) is 0 Å². The highest BCUT2D eigenvalue weighted by Crippen LogP contribution is 2.35. The minimum absolute atomic E-state index is 0.351. The molecule has 0 fully saturated rings. The van der Waals surface area contributed by atoms with Gasteiger partial charge in [-0.25, -0.2) is 4.79 Å². The van der Waals surface area contributed by atoms with Gasteiger partial charge in [0.25, 0.3) is 0 Å². The van der Waals surface area contributed by atoms with Crippen LogP contribution in [0.4, 0.5) is 5.69 Å². The van der Waals surface area contributed by atoms with Crippen molar-refractivity contribution >= 4 is 55.7 Å². The molecule has 0 aliphatic heterocycles. The van der Waals surface area contributed by atoms with Gasteiger partial charge in [-0.3, -0.25) is 0 Å². The summed E-state index contributed by atoms with van der Waals surface area (Å²) in [6.07, 6.45) is 0. The van der Waals surface area contributed by atoms with E-state index in [1.807, 2.05) is 39.0 Å². The van der Waals surface area contributed by atoms with Crippen molar-refractivity contribution in [2.45, 2.75) is 26.4 Å². The Kier molecular flexibility index (Phi) is 3.55. The molecule has 0 radical (unpaired) electrons. The van der Waals surface area contributed by atoms with Gasteiger partial charge >= 0.3 is 5.97 Å². The number of hydrogen-bond acceptors (Lipinski definition) is 4. The zero-order valence-electron chi connectivity index (χ0n) is 10.4. The molecule has 0 aliphatic rings. The molecule has 0 unspecified atom stereocenters. The quantitative estimate of drug-likeness (QED) is 0.605. The summed E-state index contributed by atoms with van der Waals surface area (Å²) >= 11 is 3.60. The molecule has 5 heteroatoms. The Labute approximate surface area is 123 Å². The smallest absolute Gasteiger partial charge is 0.351 e. The van der Waals surface area contributed by atoms with Crippen molar-refractivity contribution in [2.75, 3.05) is 5.73 Å². The summed E-state index contributed by atoms with van der Waals surface area (Å²) in [5, 5.41) is 0.924. The topological polar surface area (TPSA) is 52.3 Å². The Hall–Kier alpha value is -0.820. The van der Waals surface area contributed by atoms with Gasteiger partial charge in [0.15, 0.2) is 0 Å². The van der Waals surface area contributed by atoms with Crippen LogP contribution < -0.4 is 5.73 Å².